The van der Waals surface area contributed by atoms with Crippen LogP contribution < -0.4 is 15.4 Å². The van der Waals surface area contributed by atoms with Gasteiger partial charge in [-0.2, -0.15) is 0 Å². The van der Waals surface area contributed by atoms with Crippen molar-refractivity contribution in [2.24, 2.45) is 11.3 Å². The molecule has 0 aromatic carbocycles. The molecule has 0 unspecified atom stereocenters. The molecule has 0 bridgehead atoms. The van der Waals surface area contributed by atoms with Crippen LogP contribution in [0.15, 0.2) is 24.9 Å². The highest BCUT2D eigenvalue weighted by atomic mass is 16.5. The average Bonchev–Trinajstić information content (AvgIpc) is 3.54. The van der Waals surface area contributed by atoms with E-state index in [1.807, 2.05) is 13.1 Å². The van der Waals surface area contributed by atoms with Crippen LogP contribution in [0.25, 0.3) is 0 Å². The Morgan fingerprint density at radius 3 is 2.83 bits per heavy atom. The smallest absolute Gasteiger partial charge is 0.226 e. The molecule has 2 fully saturated rings. The third kappa shape index (κ3) is 6.43. The summed E-state index contributed by atoms with van der Waals surface area (Å²) in [6, 6.07) is 1.87. The van der Waals surface area contributed by atoms with Gasteiger partial charge in [0.25, 0.3) is 0 Å². The minimum Gasteiger partial charge on any atom is -0.471 e. The van der Waals surface area contributed by atoms with Gasteiger partial charge in [0, 0.05) is 37.4 Å². The Labute approximate surface area is 210 Å². The summed E-state index contributed by atoms with van der Waals surface area (Å²) in [5, 5.41) is 17.7. The molecule has 1 aromatic heterocycles. The quantitative estimate of drug-likeness (QED) is 0.412. The lowest BCUT2D eigenvalue weighted by Crippen LogP contribution is -2.52. The maximum atomic E-state index is 12.7. The topological polar surface area (TPSA) is 92.7 Å². The molecule has 1 aromatic rings. The van der Waals surface area contributed by atoms with Gasteiger partial charge >= 0.3 is 0 Å². The minimum atomic E-state index is -0.740. The van der Waals surface area contributed by atoms with E-state index < -0.39 is 12.1 Å². The van der Waals surface area contributed by atoms with Gasteiger partial charge in [0.05, 0.1) is 24.2 Å². The molecular weight excluding hydrogens is 442 g/mol. The van der Waals surface area contributed by atoms with Crippen molar-refractivity contribution in [3.8, 4) is 5.88 Å². The molecule has 3 N–H and O–H groups in total. The number of ether oxygens (including phenoxy) is 2. The van der Waals surface area contributed by atoms with Gasteiger partial charge < -0.3 is 25.2 Å². The number of aliphatic hydroxyl groups excluding tert-OH is 1. The zero-order valence-electron chi connectivity index (χ0n) is 21.8. The largest absolute Gasteiger partial charge is 0.471 e. The first-order valence-electron chi connectivity index (χ1n) is 13.3. The first kappa shape index (κ1) is 26.1. The number of nitrogens with one attached hydrogen (secondary N) is 2. The standard InChI is InChI=1S/C28H43N3O4/c1-6-9-21(31-25(33)20-13-24(20)34-7-2)23(32)17-29-22-15-28(10-8-11-28)35-26-19(22)12-18(16-30-26)14-27(3,4)5/h6,12,16,20-24,29,32H,1,7-11,13-15,17H2,2-5H3,(H,31,33)/t20-,21+,22+,23-,24+/m1/s1. The van der Waals surface area contributed by atoms with E-state index in [2.05, 4.69) is 44.1 Å². The maximum Gasteiger partial charge on any atom is 0.226 e. The number of aromatic nitrogens is 1. The van der Waals surface area contributed by atoms with E-state index in [-0.39, 0.29) is 35.0 Å². The summed E-state index contributed by atoms with van der Waals surface area (Å²) in [6.45, 7) is 13.4. The molecule has 0 radical (unpaired) electrons. The lowest BCUT2D eigenvalue weighted by molar-refractivity contribution is -0.124. The van der Waals surface area contributed by atoms with Crippen molar-refractivity contribution in [2.75, 3.05) is 13.2 Å². The molecule has 1 aliphatic heterocycles. The average molecular weight is 486 g/mol. The first-order valence-corrected chi connectivity index (χ1v) is 13.3. The Morgan fingerprint density at radius 1 is 1.43 bits per heavy atom. The molecule has 1 amide bonds. The molecule has 7 nitrogen and oxygen atoms in total. The van der Waals surface area contributed by atoms with Crippen molar-refractivity contribution in [3.63, 3.8) is 0 Å². The zero-order chi connectivity index (χ0) is 25.2. The molecular formula is C28H43N3O4. The summed E-state index contributed by atoms with van der Waals surface area (Å²) in [4.78, 5) is 17.4. The van der Waals surface area contributed by atoms with Crippen molar-refractivity contribution in [1.82, 2.24) is 15.6 Å². The Kier molecular flexibility index (Phi) is 7.89. The van der Waals surface area contributed by atoms with Gasteiger partial charge in [-0.3, -0.25) is 4.79 Å². The van der Waals surface area contributed by atoms with E-state index in [4.69, 9.17) is 14.5 Å². The lowest BCUT2D eigenvalue weighted by Gasteiger charge is -2.47. The SMILES string of the molecule is C=CC[C@H](NC(=O)[C@@H]1C[C@@H]1OCC)[C@H](O)CN[C@H]1CC2(CCC2)Oc2ncc(CC(C)(C)C)cc21. The van der Waals surface area contributed by atoms with Crippen LogP contribution in [0.5, 0.6) is 5.88 Å². The van der Waals surface area contributed by atoms with E-state index in [1.165, 1.54) is 12.0 Å². The molecule has 5 atom stereocenters. The number of hydrogen-bond acceptors (Lipinski definition) is 6. The summed E-state index contributed by atoms with van der Waals surface area (Å²) in [7, 11) is 0. The number of carbonyl (C=O) groups is 1. The fourth-order valence-electron chi connectivity index (χ4n) is 5.38. The number of aliphatic hydroxyl groups is 1. The molecule has 194 valence electrons. The predicted octanol–water partition coefficient (Wildman–Crippen LogP) is 3.85. The Hall–Kier alpha value is -1.96. The van der Waals surface area contributed by atoms with Gasteiger partial charge in [-0.25, -0.2) is 4.98 Å². The third-order valence-corrected chi connectivity index (χ3v) is 7.43. The number of hydrogen-bond donors (Lipinski definition) is 3. The van der Waals surface area contributed by atoms with E-state index in [0.29, 0.717) is 25.5 Å². The molecule has 4 rings (SSSR count). The van der Waals surface area contributed by atoms with Crippen molar-refractivity contribution >= 4 is 5.91 Å². The van der Waals surface area contributed by atoms with E-state index in [9.17, 15) is 9.90 Å². The highest BCUT2D eigenvalue weighted by molar-refractivity contribution is 5.82. The summed E-state index contributed by atoms with van der Waals surface area (Å²) in [5.41, 5.74) is 2.28. The number of pyridine rings is 1. The number of nitrogens with zero attached hydrogens (tertiary/aromatic N) is 1. The Balaban J connectivity index is 1.42. The van der Waals surface area contributed by atoms with Crippen molar-refractivity contribution in [3.05, 3.63) is 36.0 Å². The minimum absolute atomic E-state index is 0.00634. The Morgan fingerprint density at radius 2 is 2.20 bits per heavy atom. The molecule has 2 heterocycles. The number of rotatable bonds is 11. The Bertz CT molecular complexity index is 908. The maximum absolute atomic E-state index is 12.7. The second-order valence-electron chi connectivity index (χ2n) is 11.8. The van der Waals surface area contributed by atoms with Crippen LogP contribution in [0, 0.1) is 11.3 Å². The van der Waals surface area contributed by atoms with Crippen LogP contribution >= 0.6 is 0 Å². The summed E-state index contributed by atoms with van der Waals surface area (Å²) >= 11 is 0. The number of fused-ring (bicyclic) bond motifs is 1. The van der Waals surface area contributed by atoms with Gasteiger partial charge in [0.2, 0.25) is 11.8 Å². The third-order valence-electron chi connectivity index (χ3n) is 7.43. The van der Waals surface area contributed by atoms with E-state index in [0.717, 1.165) is 37.7 Å². The van der Waals surface area contributed by atoms with Gasteiger partial charge in [0.1, 0.15) is 5.60 Å². The van der Waals surface area contributed by atoms with Crippen LogP contribution in [0.1, 0.15) is 83.4 Å². The summed E-state index contributed by atoms with van der Waals surface area (Å²) < 4.78 is 11.9. The molecule has 3 aliphatic rings. The van der Waals surface area contributed by atoms with Crippen LogP contribution in [0.2, 0.25) is 0 Å². The van der Waals surface area contributed by atoms with Gasteiger partial charge in [-0.1, -0.05) is 26.8 Å². The second-order valence-corrected chi connectivity index (χ2v) is 11.8. The fourth-order valence-corrected chi connectivity index (χ4v) is 5.38. The monoisotopic (exact) mass is 485 g/mol. The molecule has 1 spiro atoms. The van der Waals surface area contributed by atoms with Gasteiger partial charge in [0.15, 0.2) is 0 Å². The molecule has 2 saturated carbocycles. The van der Waals surface area contributed by atoms with Crippen LogP contribution in [-0.2, 0) is 16.0 Å². The lowest BCUT2D eigenvalue weighted by atomic mass is 9.73. The second kappa shape index (κ2) is 10.6. The van der Waals surface area contributed by atoms with Crippen LogP contribution in [0.4, 0.5) is 0 Å². The number of amides is 1. The van der Waals surface area contributed by atoms with Crippen molar-refractivity contribution < 1.29 is 19.4 Å². The van der Waals surface area contributed by atoms with E-state index >= 15 is 0 Å². The highest BCUT2D eigenvalue weighted by Gasteiger charge is 2.47. The summed E-state index contributed by atoms with van der Waals surface area (Å²) in [5.74, 6) is 0.554. The first-order chi connectivity index (χ1) is 16.6. The molecule has 0 saturated heterocycles. The molecule has 35 heavy (non-hydrogen) atoms. The van der Waals surface area contributed by atoms with Gasteiger partial charge in [-0.15, -0.1) is 6.58 Å². The fraction of sp³-hybridized carbons (Fsp3) is 0.714. The van der Waals surface area contributed by atoms with Crippen LogP contribution in [-0.4, -0.2) is 53.0 Å². The highest BCUT2D eigenvalue weighted by Crippen LogP contribution is 2.48. The number of carbonyl (C=O) groups excluding carboxylic acids is 1. The molecule has 7 heteroatoms. The predicted molar refractivity (Wildman–Crippen MR) is 136 cm³/mol. The molecule has 2 aliphatic carbocycles. The van der Waals surface area contributed by atoms with Crippen molar-refractivity contribution in [2.45, 2.75) is 103 Å². The zero-order valence-corrected chi connectivity index (χ0v) is 21.8. The summed E-state index contributed by atoms with van der Waals surface area (Å²) in [6.07, 6.45) is 9.26. The van der Waals surface area contributed by atoms with Crippen molar-refractivity contribution in [1.29, 1.82) is 0 Å². The van der Waals surface area contributed by atoms with Crippen LogP contribution in [0.3, 0.4) is 0 Å². The van der Waals surface area contributed by atoms with E-state index in [1.54, 1.807) is 6.08 Å². The normalized spacial score (nSPS) is 26.1. The van der Waals surface area contributed by atoms with Gasteiger partial charge in [-0.05, 0) is 62.5 Å².